The Kier molecular flexibility index (Phi) is 8.76. The summed E-state index contributed by atoms with van der Waals surface area (Å²) in [4.78, 5) is 23.0. The number of nitrogens with zero attached hydrogens (tertiary/aromatic N) is 4. The normalized spacial score (nSPS) is 15.9. The molecule has 1 unspecified atom stereocenters. The molecule has 5 aromatic rings. The quantitative estimate of drug-likeness (QED) is 0.158. The molecule has 1 aromatic heterocycles. The lowest BCUT2D eigenvalue weighted by Crippen LogP contribution is -2.56. The third kappa shape index (κ3) is 5.60. The van der Waals surface area contributed by atoms with Gasteiger partial charge in [-0.3, -0.25) is 9.69 Å². The van der Waals surface area contributed by atoms with Crippen molar-refractivity contribution < 1.29 is 4.79 Å². The van der Waals surface area contributed by atoms with E-state index in [4.69, 9.17) is 4.98 Å². The first kappa shape index (κ1) is 29.6. The fourth-order valence-corrected chi connectivity index (χ4v) is 6.80. The molecule has 1 saturated heterocycles. The van der Waals surface area contributed by atoms with Gasteiger partial charge in [0.05, 0.1) is 18.6 Å². The first-order valence-corrected chi connectivity index (χ1v) is 15.8. The van der Waals surface area contributed by atoms with E-state index < -0.39 is 5.54 Å². The van der Waals surface area contributed by atoms with Crippen LogP contribution < -0.4 is 4.90 Å². The van der Waals surface area contributed by atoms with Crippen LogP contribution in [0.1, 0.15) is 59.7 Å². The Balaban J connectivity index is 1.37. The van der Waals surface area contributed by atoms with Gasteiger partial charge in [0.25, 0.3) is 0 Å². The molecule has 0 spiro atoms. The van der Waals surface area contributed by atoms with Crippen LogP contribution in [0.25, 0.3) is 0 Å². The third-order valence-electron chi connectivity index (χ3n) is 9.27. The van der Waals surface area contributed by atoms with Gasteiger partial charge in [0.15, 0.2) is 0 Å². The summed E-state index contributed by atoms with van der Waals surface area (Å²) >= 11 is 0. The van der Waals surface area contributed by atoms with Crippen LogP contribution in [0, 0.1) is 13.8 Å². The molecule has 0 saturated carbocycles. The molecule has 0 aliphatic carbocycles. The minimum absolute atomic E-state index is 0.151. The fourth-order valence-electron chi connectivity index (χ4n) is 6.80. The molecular formula is C39H42N4O. The van der Waals surface area contributed by atoms with Crippen molar-refractivity contribution in [3.8, 4) is 0 Å². The van der Waals surface area contributed by atoms with E-state index in [1.165, 1.54) is 27.8 Å². The highest BCUT2D eigenvalue weighted by Gasteiger charge is 2.39. The van der Waals surface area contributed by atoms with Gasteiger partial charge in [0.1, 0.15) is 5.54 Å². The van der Waals surface area contributed by atoms with Crippen molar-refractivity contribution in [3.63, 3.8) is 0 Å². The summed E-state index contributed by atoms with van der Waals surface area (Å²) in [5.74, 6) is 0.151. The van der Waals surface area contributed by atoms with Crippen LogP contribution in [0.15, 0.2) is 122 Å². The number of benzene rings is 4. The molecule has 1 amide bonds. The molecule has 5 heteroatoms. The zero-order valence-corrected chi connectivity index (χ0v) is 26.1. The molecule has 0 radical (unpaired) electrons. The smallest absolute Gasteiger partial charge is 0.241 e. The maximum Gasteiger partial charge on any atom is 0.241 e. The highest BCUT2D eigenvalue weighted by molar-refractivity contribution is 5.96. The van der Waals surface area contributed by atoms with Crippen LogP contribution in [0.4, 0.5) is 5.69 Å². The number of hydrogen-bond acceptors (Lipinski definition) is 3. The summed E-state index contributed by atoms with van der Waals surface area (Å²) in [6.45, 7) is 8.18. The van der Waals surface area contributed by atoms with Crippen LogP contribution in [0.3, 0.4) is 0 Å². The van der Waals surface area contributed by atoms with Gasteiger partial charge in [0.2, 0.25) is 5.91 Å². The number of aromatic nitrogens is 2. The third-order valence-corrected chi connectivity index (χ3v) is 9.27. The summed E-state index contributed by atoms with van der Waals surface area (Å²) < 4.78 is 2.26. The number of unbranched alkanes of at least 4 members (excludes halogenated alkanes) is 1. The predicted octanol–water partition coefficient (Wildman–Crippen LogP) is 7.75. The second-order valence-corrected chi connectivity index (χ2v) is 12.0. The highest BCUT2D eigenvalue weighted by atomic mass is 16.2. The molecule has 6 rings (SSSR count). The predicted molar refractivity (Wildman–Crippen MR) is 179 cm³/mol. The average Bonchev–Trinajstić information content (AvgIpc) is 3.52. The number of piperazine rings is 1. The lowest BCUT2D eigenvalue weighted by molar-refractivity contribution is -0.122. The van der Waals surface area contributed by atoms with Crippen molar-refractivity contribution in [1.82, 2.24) is 14.5 Å². The van der Waals surface area contributed by atoms with E-state index in [0.717, 1.165) is 30.6 Å². The maximum absolute atomic E-state index is 13.7. The van der Waals surface area contributed by atoms with Gasteiger partial charge < -0.3 is 9.47 Å². The summed E-state index contributed by atoms with van der Waals surface area (Å²) in [7, 11) is 0. The first-order chi connectivity index (χ1) is 21.5. The van der Waals surface area contributed by atoms with E-state index in [0.29, 0.717) is 19.6 Å². The van der Waals surface area contributed by atoms with Gasteiger partial charge in [0, 0.05) is 31.0 Å². The summed E-state index contributed by atoms with van der Waals surface area (Å²) in [6.07, 6.45) is 7.46. The van der Waals surface area contributed by atoms with Crippen molar-refractivity contribution in [2.24, 2.45) is 0 Å². The van der Waals surface area contributed by atoms with Crippen LogP contribution in [-0.2, 0) is 16.9 Å². The number of imidazole rings is 1. The topological polar surface area (TPSA) is 41.4 Å². The van der Waals surface area contributed by atoms with E-state index in [-0.39, 0.29) is 11.9 Å². The maximum atomic E-state index is 13.7. The minimum atomic E-state index is -0.603. The molecular weight excluding hydrogens is 540 g/mol. The van der Waals surface area contributed by atoms with Crippen molar-refractivity contribution >= 4 is 11.6 Å². The van der Waals surface area contributed by atoms with Gasteiger partial charge in [-0.1, -0.05) is 123 Å². The van der Waals surface area contributed by atoms with Crippen LogP contribution in [0.2, 0.25) is 0 Å². The number of hydrogen-bond donors (Lipinski definition) is 0. The van der Waals surface area contributed by atoms with Crippen LogP contribution in [0.5, 0.6) is 0 Å². The monoisotopic (exact) mass is 582 g/mol. The Bertz CT molecular complexity index is 1580. The molecule has 1 aliphatic heterocycles. The summed E-state index contributed by atoms with van der Waals surface area (Å²) in [5, 5.41) is 0. The van der Waals surface area contributed by atoms with Gasteiger partial charge >= 0.3 is 0 Å². The van der Waals surface area contributed by atoms with Crippen molar-refractivity contribution in [3.05, 3.63) is 155 Å². The fraction of sp³-hybridized carbons (Fsp3) is 0.282. The molecule has 0 N–H and O–H groups in total. The molecule has 5 nitrogen and oxygen atoms in total. The molecule has 2 heterocycles. The van der Waals surface area contributed by atoms with Gasteiger partial charge in [-0.05, 0) is 54.2 Å². The van der Waals surface area contributed by atoms with Gasteiger partial charge in [-0.25, -0.2) is 4.98 Å². The zero-order valence-electron chi connectivity index (χ0n) is 26.1. The van der Waals surface area contributed by atoms with Crippen molar-refractivity contribution in [2.75, 3.05) is 18.0 Å². The van der Waals surface area contributed by atoms with E-state index in [1.54, 1.807) is 0 Å². The van der Waals surface area contributed by atoms with E-state index in [2.05, 4.69) is 146 Å². The largest absolute Gasteiger partial charge is 0.319 e. The Hall–Kier alpha value is -4.48. The summed E-state index contributed by atoms with van der Waals surface area (Å²) in [5.41, 5.74) is 7.30. The number of amides is 1. The lowest BCUT2D eigenvalue weighted by atomic mass is 9.77. The molecule has 44 heavy (non-hydrogen) atoms. The van der Waals surface area contributed by atoms with Crippen LogP contribution in [-0.4, -0.2) is 39.5 Å². The Labute approximate surface area is 261 Å². The molecule has 0 bridgehead atoms. The molecule has 1 fully saturated rings. The minimum Gasteiger partial charge on any atom is -0.319 e. The van der Waals surface area contributed by atoms with Gasteiger partial charge in [-0.2, -0.15) is 0 Å². The van der Waals surface area contributed by atoms with E-state index in [1.807, 2.05) is 11.2 Å². The SMILES string of the molecule is CCCCC1CN(c2cccc(C)c2C)C(=O)CN1Cc1cn(C(c2ccccc2)(c2ccccc2)c2ccccc2)cn1. The highest BCUT2D eigenvalue weighted by Crippen LogP contribution is 2.41. The molecule has 1 aliphatic rings. The average molecular weight is 583 g/mol. The second-order valence-electron chi connectivity index (χ2n) is 12.0. The number of carbonyl (C=O) groups excluding carboxylic acids is 1. The number of rotatable bonds is 10. The van der Waals surface area contributed by atoms with E-state index >= 15 is 0 Å². The Morgan fingerprint density at radius 1 is 0.795 bits per heavy atom. The molecule has 4 aromatic carbocycles. The zero-order chi connectivity index (χ0) is 30.5. The van der Waals surface area contributed by atoms with Crippen LogP contribution >= 0.6 is 0 Å². The number of anilines is 1. The van der Waals surface area contributed by atoms with E-state index in [9.17, 15) is 4.79 Å². The molecule has 224 valence electrons. The molecule has 1 atom stereocenters. The first-order valence-electron chi connectivity index (χ1n) is 15.8. The Morgan fingerprint density at radius 2 is 1.39 bits per heavy atom. The van der Waals surface area contributed by atoms with Crippen molar-refractivity contribution in [2.45, 2.75) is 58.2 Å². The second kappa shape index (κ2) is 13.0. The van der Waals surface area contributed by atoms with Crippen molar-refractivity contribution in [1.29, 1.82) is 0 Å². The van der Waals surface area contributed by atoms with Gasteiger partial charge in [-0.15, -0.1) is 0 Å². The number of carbonyl (C=O) groups is 1. The lowest BCUT2D eigenvalue weighted by Gasteiger charge is -2.41. The summed E-state index contributed by atoms with van der Waals surface area (Å²) in [6, 6.07) is 38.5. The number of aryl methyl sites for hydroxylation is 1. The standard InChI is InChI=1S/C39H42N4O/c1-4-5-23-36-27-43(37-24-15-16-30(2)31(37)3)38(44)28-41(36)25-35-26-42(29-40-35)39(32-17-9-6-10-18-32,33-19-11-7-12-20-33)34-21-13-8-14-22-34/h6-22,24,26,29,36H,4-5,23,25,27-28H2,1-3H3. The Morgan fingerprint density at radius 3 is 1.95 bits per heavy atom.